The lowest BCUT2D eigenvalue weighted by Gasteiger charge is -2.36. The number of nitrogens with one attached hydrogen (secondary N) is 1. The Morgan fingerprint density at radius 1 is 1.33 bits per heavy atom. The average Bonchev–Trinajstić information content (AvgIpc) is 3.42. The van der Waals surface area contributed by atoms with Crippen molar-refractivity contribution in [3.05, 3.63) is 59.4 Å². The number of rotatable bonds is 5. The number of fused-ring (bicyclic) bond motifs is 2. The van der Waals surface area contributed by atoms with Crippen molar-refractivity contribution in [1.29, 1.82) is 5.26 Å². The van der Waals surface area contributed by atoms with Crippen LogP contribution >= 0.6 is 0 Å². The van der Waals surface area contributed by atoms with Gasteiger partial charge in [0, 0.05) is 46.0 Å². The predicted octanol–water partition coefficient (Wildman–Crippen LogP) is 5.71. The van der Waals surface area contributed by atoms with Gasteiger partial charge in [-0.25, -0.2) is 13.6 Å². The van der Waals surface area contributed by atoms with Crippen LogP contribution < -0.4 is 0 Å². The van der Waals surface area contributed by atoms with E-state index in [0.717, 1.165) is 45.2 Å². The summed E-state index contributed by atoms with van der Waals surface area (Å²) >= 11 is 0. The molecular weight excluding hydrogens is 466 g/mol. The maximum Gasteiger partial charge on any atom is 0.335 e. The molecule has 186 valence electrons. The van der Waals surface area contributed by atoms with Crippen LogP contribution in [0.5, 0.6) is 0 Å². The van der Waals surface area contributed by atoms with Gasteiger partial charge in [-0.3, -0.25) is 5.10 Å². The van der Waals surface area contributed by atoms with Crippen LogP contribution in [0.1, 0.15) is 57.2 Å². The van der Waals surface area contributed by atoms with Crippen LogP contribution in [0.25, 0.3) is 27.5 Å². The van der Waals surface area contributed by atoms with Crippen LogP contribution in [-0.4, -0.2) is 38.0 Å². The van der Waals surface area contributed by atoms with Crippen molar-refractivity contribution in [3.63, 3.8) is 0 Å². The SMILES string of the molecule is CC(C)(CC#N)c1c([C@@H]2CC[C@@](C)(C(=O)O)OC2)c2cc3[nH]ncc3cc2n1-c1ccc(F)c(F)c1. The molecule has 5 rings (SSSR count). The highest BCUT2D eigenvalue weighted by atomic mass is 19.2. The Labute approximate surface area is 206 Å². The van der Waals surface area contributed by atoms with E-state index >= 15 is 0 Å². The van der Waals surface area contributed by atoms with E-state index < -0.39 is 28.6 Å². The number of ether oxygens (including phenoxy) is 1. The Morgan fingerprint density at radius 3 is 2.75 bits per heavy atom. The molecule has 2 N–H and O–H groups in total. The number of H-pyrrole nitrogens is 1. The zero-order chi connectivity index (χ0) is 25.8. The number of hydrogen-bond acceptors (Lipinski definition) is 4. The molecule has 2 aromatic heterocycles. The van der Waals surface area contributed by atoms with Gasteiger partial charge in [-0.2, -0.15) is 10.4 Å². The van der Waals surface area contributed by atoms with Crippen molar-refractivity contribution in [2.75, 3.05) is 6.61 Å². The molecule has 0 bridgehead atoms. The van der Waals surface area contributed by atoms with Gasteiger partial charge in [0.1, 0.15) is 0 Å². The minimum absolute atomic E-state index is 0.167. The zero-order valence-electron chi connectivity index (χ0n) is 20.2. The number of benzene rings is 2. The van der Waals surface area contributed by atoms with Crippen LogP contribution in [0.3, 0.4) is 0 Å². The van der Waals surface area contributed by atoms with Gasteiger partial charge in [0.15, 0.2) is 17.2 Å². The van der Waals surface area contributed by atoms with Crippen LogP contribution in [-0.2, 0) is 14.9 Å². The lowest BCUT2D eigenvalue weighted by Crippen LogP contribution is -2.43. The molecule has 0 radical (unpaired) electrons. The number of aromatic amines is 1. The predicted molar refractivity (Wildman–Crippen MR) is 130 cm³/mol. The first-order valence-electron chi connectivity index (χ1n) is 11.8. The highest BCUT2D eigenvalue weighted by Crippen LogP contribution is 2.46. The van der Waals surface area contributed by atoms with Gasteiger partial charge in [-0.15, -0.1) is 0 Å². The van der Waals surface area contributed by atoms with Gasteiger partial charge in [-0.05, 0) is 49.6 Å². The second kappa shape index (κ2) is 8.42. The molecule has 1 saturated heterocycles. The number of nitriles is 1. The molecule has 0 aliphatic carbocycles. The molecule has 0 unspecified atom stereocenters. The third kappa shape index (κ3) is 3.73. The molecule has 9 heteroatoms. The summed E-state index contributed by atoms with van der Waals surface area (Å²) in [5.41, 5.74) is 1.76. The number of nitrogens with zero attached hydrogens (tertiary/aromatic N) is 3. The number of halogens is 2. The number of aromatic nitrogens is 3. The Kier molecular flexibility index (Phi) is 5.60. The second-order valence-corrected chi connectivity index (χ2v) is 10.3. The highest BCUT2D eigenvalue weighted by Gasteiger charge is 2.42. The molecule has 1 aliphatic rings. The summed E-state index contributed by atoms with van der Waals surface area (Å²) < 4.78 is 36.1. The van der Waals surface area contributed by atoms with E-state index in [4.69, 9.17) is 4.74 Å². The zero-order valence-corrected chi connectivity index (χ0v) is 20.2. The molecule has 2 aromatic carbocycles. The summed E-state index contributed by atoms with van der Waals surface area (Å²) in [6, 6.07) is 9.94. The summed E-state index contributed by atoms with van der Waals surface area (Å²) in [7, 11) is 0. The molecule has 0 amide bonds. The van der Waals surface area contributed by atoms with Crippen LogP contribution in [0.15, 0.2) is 36.5 Å². The third-order valence-corrected chi connectivity index (χ3v) is 7.32. The fourth-order valence-corrected chi connectivity index (χ4v) is 5.29. The average molecular weight is 493 g/mol. The minimum atomic E-state index is -1.27. The van der Waals surface area contributed by atoms with Crippen molar-refractivity contribution >= 4 is 27.8 Å². The number of aliphatic carboxylic acids is 1. The summed E-state index contributed by atoms with van der Waals surface area (Å²) in [6.07, 6.45) is 2.74. The van der Waals surface area contributed by atoms with Gasteiger partial charge < -0.3 is 14.4 Å². The minimum Gasteiger partial charge on any atom is -0.479 e. The smallest absolute Gasteiger partial charge is 0.335 e. The lowest BCUT2D eigenvalue weighted by molar-refractivity contribution is -0.170. The number of carboxylic acids is 1. The molecule has 7 nitrogen and oxygen atoms in total. The molecule has 0 saturated carbocycles. The normalized spacial score (nSPS) is 20.6. The van der Waals surface area contributed by atoms with Crippen molar-refractivity contribution in [2.24, 2.45) is 0 Å². The maximum absolute atomic E-state index is 14.4. The first-order chi connectivity index (χ1) is 17.1. The first-order valence-corrected chi connectivity index (χ1v) is 11.8. The topological polar surface area (TPSA) is 104 Å². The third-order valence-electron chi connectivity index (χ3n) is 7.32. The Bertz CT molecular complexity index is 1540. The lowest BCUT2D eigenvalue weighted by atomic mass is 9.77. The number of carbonyl (C=O) groups is 1. The van der Waals surface area contributed by atoms with Gasteiger partial charge in [-0.1, -0.05) is 13.8 Å². The van der Waals surface area contributed by atoms with Crippen molar-refractivity contribution in [2.45, 2.75) is 57.0 Å². The van der Waals surface area contributed by atoms with Crippen LogP contribution in [0.4, 0.5) is 8.78 Å². The summed E-state index contributed by atoms with van der Waals surface area (Å²) in [5, 5.41) is 28.1. The fraction of sp³-hybridized carbons (Fsp3) is 0.370. The first kappa shape index (κ1) is 23.9. The molecule has 1 aliphatic heterocycles. The fourth-order valence-electron chi connectivity index (χ4n) is 5.29. The van der Waals surface area contributed by atoms with E-state index in [1.807, 2.05) is 30.5 Å². The van der Waals surface area contributed by atoms with E-state index in [9.17, 15) is 23.9 Å². The van der Waals surface area contributed by atoms with Gasteiger partial charge in [0.2, 0.25) is 0 Å². The second-order valence-electron chi connectivity index (χ2n) is 10.3. The van der Waals surface area contributed by atoms with Gasteiger partial charge in [0.05, 0.1) is 29.9 Å². The van der Waals surface area contributed by atoms with Crippen molar-refractivity contribution in [1.82, 2.24) is 14.8 Å². The molecule has 0 spiro atoms. The largest absolute Gasteiger partial charge is 0.479 e. The van der Waals surface area contributed by atoms with E-state index in [1.165, 1.54) is 6.07 Å². The number of carboxylic acid groups (broad SMARTS) is 1. The van der Waals surface area contributed by atoms with E-state index in [-0.39, 0.29) is 18.9 Å². The maximum atomic E-state index is 14.4. The van der Waals surface area contributed by atoms with Crippen molar-refractivity contribution < 1.29 is 23.4 Å². The van der Waals surface area contributed by atoms with Crippen LogP contribution in [0.2, 0.25) is 0 Å². The van der Waals surface area contributed by atoms with Crippen molar-refractivity contribution in [3.8, 4) is 11.8 Å². The molecular formula is C27H26F2N4O3. The molecule has 36 heavy (non-hydrogen) atoms. The summed E-state index contributed by atoms with van der Waals surface area (Å²) in [5.74, 6) is -3.09. The van der Waals surface area contributed by atoms with E-state index in [2.05, 4.69) is 16.3 Å². The molecule has 4 aromatic rings. The highest BCUT2D eigenvalue weighted by molar-refractivity contribution is 5.99. The summed E-state index contributed by atoms with van der Waals surface area (Å²) in [4.78, 5) is 11.8. The number of hydrogen-bond donors (Lipinski definition) is 2. The molecule has 3 heterocycles. The molecule has 2 atom stereocenters. The monoisotopic (exact) mass is 492 g/mol. The quantitative estimate of drug-likeness (QED) is 0.371. The standard InChI is InChI=1S/C27H26F2N4O3/c1-26(2,8-9-30)24-23(15-6-7-27(3,25(34)35)36-14-15)18-12-21-16(13-31-32-21)10-22(18)33(24)17-4-5-19(28)20(29)11-17/h4-5,10-13,15H,6-8,14H2,1-3H3,(H,31,32)(H,34,35)/t15-,27+/m1/s1. The van der Waals surface area contributed by atoms with E-state index in [0.29, 0.717) is 18.5 Å². The van der Waals surface area contributed by atoms with Gasteiger partial charge >= 0.3 is 5.97 Å². The van der Waals surface area contributed by atoms with E-state index in [1.54, 1.807) is 13.1 Å². The summed E-state index contributed by atoms with van der Waals surface area (Å²) in [6.45, 7) is 5.65. The Morgan fingerprint density at radius 2 is 2.11 bits per heavy atom. The molecule has 1 fully saturated rings. The Balaban J connectivity index is 1.83. The van der Waals surface area contributed by atoms with Crippen LogP contribution in [0, 0.1) is 23.0 Å². The van der Waals surface area contributed by atoms with Gasteiger partial charge in [0.25, 0.3) is 0 Å². The Hall–Kier alpha value is -3.77.